The van der Waals surface area contributed by atoms with Crippen LogP contribution in [0.2, 0.25) is 0 Å². The Morgan fingerprint density at radius 2 is 2.21 bits per heavy atom. The summed E-state index contributed by atoms with van der Waals surface area (Å²) < 4.78 is 25.4. The van der Waals surface area contributed by atoms with Gasteiger partial charge in [-0.15, -0.1) is 6.58 Å². The Bertz CT molecular complexity index is 296. The summed E-state index contributed by atoms with van der Waals surface area (Å²) in [5.74, 6) is 0. The molecule has 82 valence electrons. The average molecular weight is 218 g/mol. The molecule has 4 nitrogen and oxygen atoms in total. The third-order valence-corrected chi connectivity index (χ3v) is 4.74. The molecular weight excluding hydrogens is 200 g/mol. The Balaban J connectivity index is 2.79. The van der Waals surface area contributed by atoms with Gasteiger partial charge in [-0.25, -0.2) is 8.42 Å². The lowest BCUT2D eigenvalue weighted by Gasteiger charge is -2.23. The Kier molecular flexibility index (Phi) is 3.69. The first-order valence-corrected chi connectivity index (χ1v) is 6.36. The molecule has 0 aromatic rings. The van der Waals surface area contributed by atoms with E-state index in [4.69, 9.17) is 5.73 Å². The monoisotopic (exact) mass is 218 g/mol. The molecule has 0 saturated heterocycles. The summed E-state index contributed by atoms with van der Waals surface area (Å²) in [6, 6.07) is 0.187. The second-order valence-electron chi connectivity index (χ2n) is 3.68. The molecule has 5 heteroatoms. The highest BCUT2D eigenvalue weighted by molar-refractivity contribution is 7.89. The molecule has 0 aliphatic heterocycles. The van der Waals surface area contributed by atoms with E-state index < -0.39 is 15.3 Å². The van der Waals surface area contributed by atoms with E-state index in [0.29, 0.717) is 6.54 Å². The van der Waals surface area contributed by atoms with E-state index in [1.807, 2.05) is 0 Å². The maximum atomic E-state index is 11.9. The zero-order chi connectivity index (χ0) is 10.8. The van der Waals surface area contributed by atoms with Crippen LogP contribution in [0.1, 0.15) is 19.8 Å². The van der Waals surface area contributed by atoms with Crippen LogP contribution in [0.4, 0.5) is 0 Å². The average Bonchev–Trinajstić information content (AvgIpc) is 2.95. The molecule has 0 amide bonds. The van der Waals surface area contributed by atoms with Gasteiger partial charge in [-0.2, -0.15) is 4.31 Å². The molecule has 1 unspecified atom stereocenters. The number of rotatable bonds is 6. The van der Waals surface area contributed by atoms with E-state index in [2.05, 4.69) is 6.58 Å². The molecule has 2 N–H and O–H groups in total. The topological polar surface area (TPSA) is 63.4 Å². The van der Waals surface area contributed by atoms with Crippen molar-refractivity contribution in [2.24, 2.45) is 5.73 Å². The van der Waals surface area contributed by atoms with Crippen molar-refractivity contribution in [2.45, 2.75) is 31.1 Å². The van der Waals surface area contributed by atoms with Crippen molar-refractivity contribution >= 4 is 10.0 Å². The van der Waals surface area contributed by atoms with Crippen LogP contribution in [0, 0.1) is 0 Å². The van der Waals surface area contributed by atoms with Gasteiger partial charge in [0.25, 0.3) is 0 Å². The molecule has 1 saturated carbocycles. The van der Waals surface area contributed by atoms with Crippen LogP contribution in [0.5, 0.6) is 0 Å². The van der Waals surface area contributed by atoms with Crippen LogP contribution in [-0.4, -0.2) is 37.1 Å². The molecule has 0 aromatic heterocycles. The van der Waals surface area contributed by atoms with Crippen molar-refractivity contribution in [3.05, 3.63) is 12.7 Å². The fourth-order valence-corrected chi connectivity index (χ4v) is 2.95. The smallest absolute Gasteiger partial charge is 0.218 e. The number of nitrogens with zero attached hydrogens (tertiary/aromatic N) is 1. The van der Waals surface area contributed by atoms with Crippen molar-refractivity contribution < 1.29 is 8.42 Å². The Morgan fingerprint density at radius 3 is 2.57 bits per heavy atom. The van der Waals surface area contributed by atoms with E-state index in [0.717, 1.165) is 12.8 Å². The number of sulfonamides is 1. The fourth-order valence-electron chi connectivity index (χ4n) is 1.30. The van der Waals surface area contributed by atoms with E-state index in [1.165, 1.54) is 4.31 Å². The molecule has 0 radical (unpaired) electrons. The van der Waals surface area contributed by atoms with Crippen molar-refractivity contribution in [3.8, 4) is 0 Å². The van der Waals surface area contributed by atoms with Crippen LogP contribution >= 0.6 is 0 Å². The second-order valence-corrected chi connectivity index (χ2v) is 5.98. The Labute approximate surface area is 85.8 Å². The number of hydrogen-bond acceptors (Lipinski definition) is 3. The fraction of sp³-hybridized carbons (Fsp3) is 0.778. The minimum Gasteiger partial charge on any atom is -0.329 e. The minimum absolute atomic E-state index is 0.169. The van der Waals surface area contributed by atoms with Crippen molar-refractivity contribution in [3.63, 3.8) is 0 Å². The van der Waals surface area contributed by atoms with Gasteiger partial charge in [0, 0.05) is 19.1 Å². The molecule has 0 spiro atoms. The first-order valence-electron chi connectivity index (χ1n) is 4.85. The first-order chi connectivity index (χ1) is 6.54. The summed E-state index contributed by atoms with van der Waals surface area (Å²) in [4.78, 5) is 0. The summed E-state index contributed by atoms with van der Waals surface area (Å²) in [5.41, 5.74) is 5.38. The standard InChI is InChI=1S/C9H18N2O2S/c1-3-6-11(9-4-5-9)14(12,13)8(2)7-10/h3,8-9H,1,4-7,10H2,2H3. The lowest BCUT2D eigenvalue weighted by atomic mass is 10.5. The van der Waals surface area contributed by atoms with Gasteiger partial charge in [0.15, 0.2) is 0 Å². The quantitative estimate of drug-likeness (QED) is 0.653. The molecule has 1 fully saturated rings. The molecule has 14 heavy (non-hydrogen) atoms. The van der Waals surface area contributed by atoms with E-state index in [-0.39, 0.29) is 12.6 Å². The highest BCUT2D eigenvalue weighted by Crippen LogP contribution is 2.30. The lowest BCUT2D eigenvalue weighted by Crippen LogP contribution is -2.42. The predicted molar refractivity (Wildman–Crippen MR) is 57.4 cm³/mol. The zero-order valence-corrected chi connectivity index (χ0v) is 9.33. The van der Waals surface area contributed by atoms with Gasteiger partial charge in [0.05, 0.1) is 5.25 Å². The van der Waals surface area contributed by atoms with Crippen LogP contribution in [0.25, 0.3) is 0 Å². The largest absolute Gasteiger partial charge is 0.329 e. The molecule has 0 heterocycles. The maximum Gasteiger partial charge on any atom is 0.218 e. The van der Waals surface area contributed by atoms with Gasteiger partial charge < -0.3 is 5.73 Å². The first kappa shape index (κ1) is 11.7. The third kappa shape index (κ3) is 2.34. The Hall–Kier alpha value is -0.390. The molecule has 0 bridgehead atoms. The van der Waals surface area contributed by atoms with Crippen molar-refractivity contribution in [2.75, 3.05) is 13.1 Å². The summed E-state index contributed by atoms with van der Waals surface area (Å²) >= 11 is 0. The number of nitrogens with two attached hydrogens (primary N) is 1. The number of hydrogen-bond donors (Lipinski definition) is 1. The second kappa shape index (κ2) is 4.42. The molecular formula is C9H18N2O2S. The SMILES string of the molecule is C=CCN(C1CC1)S(=O)(=O)C(C)CN. The van der Waals surface area contributed by atoms with Gasteiger partial charge in [0.2, 0.25) is 10.0 Å². The molecule has 0 aromatic carbocycles. The van der Waals surface area contributed by atoms with Gasteiger partial charge in [0.1, 0.15) is 0 Å². The van der Waals surface area contributed by atoms with E-state index in [1.54, 1.807) is 13.0 Å². The Morgan fingerprint density at radius 1 is 1.64 bits per heavy atom. The molecule has 1 aliphatic carbocycles. The van der Waals surface area contributed by atoms with Crippen molar-refractivity contribution in [1.29, 1.82) is 0 Å². The van der Waals surface area contributed by atoms with Crippen LogP contribution < -0.4 is 5.73 Å². The normalized spacial score (nSPS) is 19.6. The summed E-state index contributed by atoms with van der Waals surface area (Å²) in [5, 5.41) is -0.497. The van der Waals surface area contributed by atoms with Gasteiger partial charge >= 0.3 is 0 Å². The molecule has 1 rings (SSSR count). The van der Waals surface area contributed by atoms with Crippen LogP contribution in [0.3, 0.4) is 0 Å². The predicted octanol–water partition coefficient (Wildman–Crippen LogP) is 0.314. The lowest BCUT2D eigenvalue weighted by molar-refractivity contribution is 0.428. The van der Waals surface area contributed by atoms with Gasteiger partial charge in [-0.05, 0) is 19.8 Å². The maximum absolute atomic E-state index is 11.9. The minimum atomic E-state index is -3.21. The third-order valence-electron chi connectivity index (χ3n) is 2.43. The van der Waals surface area contributed by atoms with Gasteiger partial charge in [-0.1, -0.05) is 6.08 Å². The van der Waals surface area contributed by atoms with E-state index >= 15 is 0 Å². The summed E-state index contributed by atoms with van der Waals surface area (Å²) in [7, 11) is -3.21. The zero-order valence-electron chi connectivity index (χ0n) is 8.52. The molecule has 1 aliphatic rings. The summed E-state index contributed by atoms with van der Waals surface area (Å²) in [6.07, 6.45) is 3.55. The van der Waals surface area contributed by atoms with Crippen molar-refractivity contribution in [1.82, 2.24) is 4.31 Å². The molecule has 1 atom stereocenters. The highest BCUT2D eigenvalue weighted by atomic mass is 32.2. The van der Waals surface area contributed by atoms with Crippen LogP contribution in [-0.2, 0) is 10.0 Å². The van der Waals surface area contributed by atoms with E-state index in [9.17, 15) is 8.42 Å². The highest BCUT2D eigenvalue weighted by Gasteiger charge is 2.38. The van der Waals surface area contributed by atoms with Gasteiger partial charge in [-0.3, -0.25) is 0 Å². The summed E-state index contributed by atoms with van der Waals surface area (Å²) in [6.45, 7) is 5.79. The van der Waals surface area contributed by atoms with Crippen LogP contribution in [0.15, 0.2) is 12.7 Å².